The van der Waals surface area contributed by atoms with Crippen LogP contribution in [0.5, 0.6) is 0 Å². The maximum atomic E-state index is 11.5. The molecule has 0 radical (unpaired) electrons. The van der Waals surface area contributed by atoms with Gasteiger partial charge >= 0.3 is 0 Å². The van der Waals surface area contributed by atoms with E-state index in [1.807, 2.05) is 25.6 Å². The van der Waals surface area contributed by atoms with Crippen molar-refractivity contribution in [2.45, 2.75) is 38.0 Å². The summed E-state index contributed by atoms with van der Waals surface area (Å²) in [5.74, 6) is 1.44. The third-order valence-corrected chi connectivity index (χ3v) is 3.95. The number of nitrogens with one attached hydrogen (secondary N) is 1. The lowest BCUT2D eigenvalue weighted by molar-refractivity contribution is -0.123. The molecule has 0 aromatic rings. The van der Waals surface area contributed by atoms with Crippen LogP contribution >= 0.6 is 24.2 Å². The average molecular weight is 253 g/mol. The van der Waals surface area contributed by atoms with Gasteiger partial charge in [0.1, 0.15) is 0 Å². The number of nitrogens with two attached hydrogens (primary N) is 1. The van der Waals surface area contributed by atoms with E-state index in [-0.39, 0.29) is 30.3 Å². The number of hydrogen-bond acceptors (Lipinski definition) is 3. The third kappa shape index (κ3) is 5.09. The first-order valence-corrected chi connectivity index (χ1v) is 6.31. The first-order valence-electron chi connectivity index (χ1n) is 5.26. The number of thioether (sulfide) groups is 1. The van der Waals surface area contributed by atoms with Crippen molar-refractivity contribution in [2.75, 3.05) is 12.3 Å². The Morgan fingerprint density at radius 1 is 1.60 bits per heavy atom. The normalized spacial score (nSPS) is 22.3. The highest BCUT2D eigenvalue weighted by Gasteiger charge is 2.20. The molecule has 2 atom stereocenters. The molecule has 5 heteroatoms. The Bertz CT molecular complexity index is 196. The summed E-state index contributed by atoms with van der Waals surface area (Å²) in [5.41, 5.74) is 5.73. The van der Waals surface area contributed by atoms with Crippen molar-refractivity contribution in [2.24, 2.45) is 11.7 Å². The molecule has 1 aliphatic heterocycles. The van der Waals surface area contributed by atoms with Crippen molar-refractivity contribution < 1.29 is 4.79 Å². The van der Waals surface area contributed by atoms with Gasteiger partial charge in [-0.1, -0.05) is 13.8 Å². The molecule has 0 aromatic carbocycles. The average Bonchev–Trinajstić information content (AvgIpc) is 2.65. The van der Waals surface area contributed by atoms with Crippen LogP contribution in [0, 0.1) is 5.92 Å². The van der Waals surface area contributed by atoms with Crippen LogP contribution in [0.2, 0.25) is 0 Å². The molecule has 90 valence electrons. The van der Waals surface area contributed by atoms with E-state index >= 15 is 0 Å². The van der Waals surface area contributed by atoms with Gasteiger partial charge in [-0.15, -0.1) is 12.4 Å². The van der Waals surface area contributed by atoms with Gasteiger partial charge in [0.05, 0.1) is 6.04 Å². The molecule has 1 fully saturated rings. The lowest BCUT2D eigenvalue weighted by Gasteiger charge is -2.17. The highest BCUT2D eigenvalue weighted by atomic mass is 35.5. The maximum Gasteiger partial charge on any atom is 0.237 e. The van der Waals surface area contributed by atoms with E-state index in [1.54, 1.807) is 0 Å². The SMILES string of the molecule is CC(C)[C@H](N)C(=O)NCC1CCCS1.Cl. The van der Waals surface area contributed by atoms with Gasteiger partial charge in [0, 0.05) is 11.8 Å². The molecule has 0 spiro atoms. The maximum absolute atomic E-state index is 11.5. The third-order valence-electron chi connectivity index (χ3n) is 2.55. The number of carbonyl (C=O) groups excluding carboxylic acids is 1. The molecule has 0 saturated carbocycles. The van der Waals surface area contributed by atoms with Crippen LogP contribution in [-0.2, 0) is 4.79 Å². The minimum atomic E-state index is -0.360. The molecule has 15 heavy (non-hydrogen) atoms. The van der Waals surface area contributed by atoms with Gasteiger partial charge in [-0.3, -0.25) is 4.79 Å². The lowest BCUT2D eigenvalue weighted by atomic mass is 10.1. The fraction of sp³-hybridized carbons (Fsp3) is 0.900. The van der Waals surface area contributed by atoms with Gasteiger partial charge in [0.2, 0.25) is 5.91 Å². The molecule has 0 bridgehead atoms. The minimum Gasteiger partial charge on any atom is -0.354 e. The fourth-order valence-electron chi connectivity index (χ4n) is 1.44. The molecule has 3 nitrogen and oxygen atoms in total. The zero-order valence-corrected chi connectivity index (χ0v) is 11.0. The van der Waals surface area contributed by atoms with E-state index in [4.69, 9.17) is 5.73 Å². The Labute approximate surface area is 102 Å². The second-order valence-corrected chi connectivity index (χ2v) is 5.56. The van der Waals surface area contributed by atoms with E-state index in [9.17, 15) is 4.79 Å². The number of hydrogen-bond donors (Lipinski definition) is 2. The summed E-state index contributed by atoms with van der Waals surface area (Å²) < 4.78 is 0. The number of halogens is 1. The van der Waals surface area contributed by atoms with Crippen LogP contribution in [0.15, 0.2) is 0 Å². The Kier molecular flexibility index (Phi) is 7.40. The van der Waals surface area contributed by atoms with Crippen LogP contribution in [0.4, 0.5) is 0 Å². The van der Waals surface area contributed by atoms with E-state index in [2.05, 4.69) is 5.32 Å². The quantitative estimate of drug-likeness (QED) is 0.796. The predicted octanol–water partition coefficient (Wildman–Crippen LogP) is 1.40. The smallest absolute Gasteiger partial charge is 0.237 e. The second-order valence-electron chi connectivity index (χ2n) is 4.15. The van der Waals surface area contributed by atoms with Crippen LogP contribution in [0.25, 0.3) is 0 Å². The Morgan fingerprint density at radius 3 is 2.73 bits per heavy atom. The van der Waals surface area contributed by atoms with E-state index < -0.39 is 0 Å². The van der Waals surface area contributed by atoms with E-state index in [0.29, 0.717) is 5.25 Å². The fourth-order valence-corrected chi connectivity index (χ4v) is 2.64. The van der Waals surface area contributed by atoms with Gasteiger partial charge in [0.25, 0.3) is 0 Å². The summed E-state index contributed by atoms with van der Waals surface area (Å²) in [5, 5.41) is 3.53. The van der Waals surface area contributed by atoms with Crippen LogP contribution in [-0.4, -0.2) is 29.5 Å². The second kappa shape index (κ2) is 7.36. The standard InChI is InChI=1S/C10H20N2OS.ClH/c1-7(2)9(11)10(13)12-6-8-4-3-5-14-8;/h7-9H,3-6,11H2,1-2H3,(H,12,13);1H/t8?,9-;/m0./s1. The summed E-state index contributed by atoms with van der Waals surface area (Å²) in [6.45, 7) is 4.72. The zero-order chi connectivity index (χ0) is 10.6. The monoisotopic (exact) mass is 252 g/mol. The Morgan fingerprint density at radius 2 is 2.27 bits per heavy atom. The van der Waals surface area contributed by atoms with Gasteiger partial charge in [-0.2, -0.15) is 11.8 Å². The first kappa shape index (κ1) is 15.1. The highest BCUT2D eigenvalue weighted by Crippen LogP contribution is 2.25. The first-order chi connectivity index (χ1) is 6.61. The lowest BCUT2D eigenvalue weighted by Crippen LogP contribution is -2.45. The Hall–Kier alpha value is 0.0700. The Balaban J connectivity index is 0.00000196. The molecule has 1 amide bonds. The van der Waals surface area contributed by atoms with Crippen molar-refractivity contribution in [3.8, 4) is 0 Å². The van der Waals surface area contributed by atoms with Gasteiger partial charge in [-0.05, 0) is 24.5 Å². The number of amides is 1. The number of carbonyl (C=O) groups is 1. The van der Waals surface area contributed by atoms with Gasteiger partial charge < -0.3 is 11.1 Å². The van der Waals surface area contributed by atoms with Gasteiger partial charge in [-0.25, -0.2) is 0 Å². The largest absolute Gasteiger partial charge is 0.354 e. The number of rotatable bonds is 4. The van der Waals surface area contributed by atoms with E-state index in [0.717, 1.165) is 6.54 Å². The van der Waals surface area contributed by atoms with Crippen LogP contribution in [0.1, 0.15) is 26.7 Å². The summed E-state index contributed by atoms with van der Waals surface area (Å²) in [6.07, 6.45) is 2.50. The summed E-state index contributed by atoms with van der Waals surface area (Å²) >= 11 is 1.95. The van der Waals surface area contributed by atoms with Crippen molar-refractivity contribution >= 4 is 30.1 Å². The molecule has 3 N–H and O–H groups in total. The molecular formula is C10H21ClN2OS. The molecule has 0 aromatic heterocycles. The van der Waals surface area contributed by atoms with Crippen molar-refractivity contribution in [3.63, 3.8) is 0 Å². The highest BCUT2D eigenvalue weighted by molar-refractivity contribution is 8.00. The topological polar surface area (TPSA) is 55.1 Å². The molecular weight excluding hydrogens is 232 g/mol. The zero-order valence-electron chi connectivity index (χ0n) is 9.36. The molecule has 0 aliphatic carbocycles. The molecule has 1 unspecified atom stereocenters. The summed E-state index contributed by atoms with van der Waals surface area (Å²) in [7, 11) is 0. The summed E-state index contributed by atoms with van der Waals surface area (Å²) in [6, 6.07) is -0.360. The van der Waals surface area contributed by atoms with Crippen molar-refractivity contribution in [1.29, 1.82) is 0 Å². The van der Waals surface area contributed by atoms with Crippen LogP contribution in [0.3, 0.4) is 0 Å². The van der Waals surface area contributed by atoms with Crippen molar-refractivity contribution in [3.05, 3.63) is 0 Å². The minimum absolute atomic E-state index is 0. The van der Waals surface area contributed by atoms with E-state index in [1.165, 1.54) is 18.6 Å². The molecule has 1 saturated heterocycles. The predicted molar refractivity (Wildman–Crippen MR) is 68.6 cm³/mol. The molecule has 1 aliphatic rings. The summed E-state index contributed by atoms with van der Waals surface area (Å²) in [4.78, 5) is 11.5. The van der Waals surface area contributed by atoms with Crippen LogP contribution < -0.4 is 11.1 Å². The molecule has 1 heterocycles. The van der Waals surface area contributed by atoms with Gasteiger partial charge in [0.15, 0.2) is 0 Å². The van der Waals surface area contributed by atoms with Crippen molar-refractivity contribution in [1.82, 2.24) is 5.32 Å². The molecule has 1 rings (SSSR count).